The molecule has 9 nitrogen and oxygen atoms in total. The number of alkyl carbamates (subject to hydrolysis) is 1. The van der Waals surface area contributed by atoms with Gasteiger partial charge in [-0.25, -0.2) is 4.79 Å². The maximum absolute atomic E-state index is 12.5. The Kier molecular flexibility index (Phi) is 6.50. The minimum Gasteiger partial charge on any atom is -0.454 e. The molecule has 30 heavy (non-hydrogen) atoms. The van der Waals surface area contributed by atoms with Crippen molar-refractivity contribution < 1.29 is 28.6 Å². The molecule has 9 heteroatoms. The summed E-state index contributed by atoms with van der Waals surface area (Å²) in [7, 11) is 0. The number of nitrogens with zero attached hydrogens (tertiary/aromatic N) is 1. The van der Waals surface area contributed by atoms with Crippen LogP contribution >= 0.6 is 0 Å². The fourth-order valence-corrected chi connectivity index (χ4v) is 3.44. The number of ketones is 1. The number of nitrogens with one attached hydrogen (secondary N) is 2. The Bertz CT molecular complexity index is 825. The maximum Gasteiger partial charge on any atom is 0.407 e. The van der Waals surface area contributed by atoms with E-state index in [1.807, 2.05) is 25.7 Å². The highest BCUT2D eigenvalue weighted by Gasteiger charge is 2.25. The van der Waals surface area contributed by atoms with E-state index in [4.69, 9.17) is 14.2 Å². The molecule has 0 spiro atoms. The predicted octanol–water partition coefficient (Wildman–Crippen LogP) is 2.55. The van der Waals surface area contributed by atoms with Gasteiger partial charge in [-0.3, -0.25) is 14.5 Å². The van der Waals surface area contributed by atoms with Crippen molar-refractivity contribution in [3.8, 4) is 11.5 Å². The van der Waals surface area contributed by atoms with E-state index in [9.17, 15) is 14.4 Å². The van der Waals surface area contributed by atoms with Gasteiger partial charge >= 0.3 is 6.09 Å². The van der Waals surface area contributed by atoms with E-state index >= 15 is 0 Å². The number of carbonyl (C=O) groups is 3. The molecule has 0 aliphatic carbocycles. The zero-order valence-electron chi connectivity index (χ0n) is 17.9. The number of Topliss-reactive ketones (excluding diaryl/α,β-unsaturated/α-hetero) is 1. The third kappa shape index (κ3) is 5.85. The summed E-state index contributed by atoms with van der Waals surface area (Å²) >= 11 is 0. The van der Waals surface area contributed by atoms with Gasteiger partial charge in [-0.05, 0) is 46.6 Å². The number of anilines is 1. The third-order valence-corrected chi connectivity index (χ3v) is 4.84. The normalized spacial score (nSPS) is 16.8. The first-order valence-electron chi connectivity index (χ1n) is 10.1. The fraction of sp³-hybridized carbons (Fsp3) is 0.571. The highest BCUT2D eigenvalue weighted by molar-refractivity contribution is 6.05. The smallest absolute Gasteiger partial charge is 0.407 e. The van der Waals surface area contributed by atoms with Crippen LogP contribution in [0.2, 0.25) is 0 Å². The summed E-state index contributed by atoms with van der Waals surface area (Å²) in [5, 5.41) is 5.69. The summed E-state index contributed by atoms with van der Waals surface area (Å²) in [6, 6.07) is 3.24. The molecule has 0 radical (unpaired) electrons. The molecule has 1 fully saturated rings. The van der Waals surface area contributed by atoms with E-state index in [2.05, 4.69) is 10.6 Å². The van der Waals surface area contributed by atoms with E-state index in [0.717, 1.165) is 12.8 Å². The second-order valence-corrected chi connectivity index (χ2v) is 8.55. The molecule has 0 unspecified atom stereocenters. The average molecular weight is 419 g/mol. The van der Waals surface area contributed by atoms with E-state index in [1.54, 1.807) is 12.1 Å². The van der Waals surface area contributed by atoms with Crippen LogP contribution in [0.4, 0.5) is 10.5 Å². The number of fused-ring (bicyclic) bond motifs is 1. The summed E-state index contributed by atoms with van der Waals surface area (Å²) in [4.78, 5) is 38.4. The quantitative estimate of drug-likeness (QED) is 0.707. The van der Waals surface area contributed by atoms with Crippen molar-refractivity contribution in [3.63, 3.8) is 0 Å². The molecule has 1 saturated heterocycles. The second-order valence-electron chi connectivity index (χ2n) is 8.55. The number of carbonyl (C=O) groups excluding carboxylic acids is 3. The average Bonchev–Trinajstić information content (AvgIpc) is 3.08. The monoisotopic (exact) mass is 419 g/mol. The molecule has 164 valence electrons. The first-order valence-corrected chi connectivity index (χ1v) is 10.1. The van der Waals surface area contributed by atoms with Gasteiger partial charge in [0.1, 0.15) is 5.60 Å². The molecule has 1 aromatic rings. The molecular weight excluding hydrogens is 390 g/mol. The molecule has 2 aliphatic heterocycles. The number of hydrogen-bond donors (Lipinski definition) is 2. The van der Waals surface area contributed by atoms with Crippen molar-refractivity contribution in [1.82, 2.24) is 10.2 Å². The molecule has 2 heterocycles. The van der Waals surface area contributed by atoms with E-state index in [1.165, 1.54) is 6.92 Å². The van der Waals surface area contributed by atoms with Crippen LogP contribution in [0.15, 0.2) is 12.1 Å². The molecule has 0 bridgehead atoms. The highest BCUT2D eigenvalue weighted by Crippen LogP contribution is 2.37. The largest absolute Gasteiger partial charge is 0.454 e. The standard InChI is InChI=1S/C21H29N3O6/c1-13(25)15-9-17-18(29-12-28-17)10-16(15)23-19(26)11-24-7-5-14(6-8-24)22-20(27)30-21(2,3)4/h9-10,14H,5-8,11-12H2,1-4H3,(H,22,27)(H,23,26). The fourth-order valence-electron chi connectivity index (χ4n) is 3.44. The summed E-state index contributed by atoms with van der Waals surface area (Å²) in [5.74, 6) is 0.620. The van der Waals surface area contributed by atoms with Crippen LogP contribution in [-0.2, 0) is 9.53 Å². The zero-order chi connectivity index (χ0) is 21.9. The Morgan fingerprint density at radius 3 is 2.37 bits per heavy atom. The lowest BCUT2D eigenvalue weighted by atomic mass is 10.1. The van der Waals surface area contributed by atoms with Gasteiger partial charge in [-0.15, -0.1) is 0 Å². The first kappa shape index (κ1) is 21.9. The van der Waals surface area contributed by atoms with Crippen molar-refractivity contribution in [1.29, 1.82) is 0 Å². The molecule has 2 amide bonds. The summed E-state index contributed by atoms with van der Waals surface area (Å²) in [6.07, 6.45) is 1.04. The number of rotatable bonds is 5. The number of piperidine rings is 1. The molecule has 2 aliphatic rings. The molecule has 0 atom stereocenters. The van der Waals surface area contributed by atoms with Crippen LogP contribution in [0.5, 0.6) is 11.5 Å². The predicted molar refractivity (Wildman–Crippen MR) is 110 cm³/mol. The topological polar surface area (TPSA) is 106 Å². The van der Waals surface area contributed by atoms with E-state index in [0.29, 0.717) is 35.8 Å². The van der Waals surface area contributed by atoms with Gasteiger partial charge in [0.2, 0.25) is 12.7 Å². The molecule has 1 aromatic carbocycles. The van der Waals surface area contributed by atoms with Crippen LogP contribution < -0.4 is 20.1 Å². The Morgan fingerprint density at radius 1 is 1.13 bits per heavy atom. The van der Waals surface area contributed by atoms with Crippen molar-refractivity contribution >= 4 is 23.5 Å². The van der Waals surface area contributed by atoms with Crippen LogP contribution in [0, 0.1) is 0 Å². The minimum absolute atomic E-state index is 0.0253. The third-order valence-electron chi connectivity index (χ3n) is 4.84. The molecule has 0 saturated carbocycles. The minimum atomic E-state index is -0.531. The van der Waals surface area contributed by atoms with E-state index in [-0.39, 0.29) is 31.1 Å². The number of likely N-dealkylation sites (tertiary alicyclic amines) is 1. The molecular formula is C21H29N3O6. The molecule has 3 rings (SSSR count). The van der Waals surface area contributed by atoms with E-state index < -0.39 is 11.7 Å². The van der Waals surface area contributed by atoms with Crippen LogP contribution in [0.3, 0.4) is 0 Å². The SMILES string of the molecule is CC(=O)c1cc2c(cc1NC(=O)CN1CCC(NC(=O)OC(C)(C)C)CC1)OCO2. The first-order chi connectivity index (χ1) is 14.1. The van der Waals surface area contributed by atoms with Crippen LogP contribution in [-0.4, -0.2) is 60.8 Å². The Hall–Kier alpha value is -2.81. The lowest BCUT2D eigenvalue weighted by Gasteiger charge is -2.32. The van der Waals surface area contributed by atoms with Gasteiger partial charge in [-0.2, -0.15) is 0 Å². The van der Waals surface area contributed by atoms with Crippen LogP contribution in [0.25, 0.3) is 0 Å². The van der Waals surface area contributed by atoms with Crippen molar-refractivity contribution in [2.45, 2.75) is 52.2 Å². The number of benzene rings is 1. The lowest BCUT2D eigenvalue weighted by Crippen LogP contribution is -2.47. The zero-order valence-corrected chi connectivity index (χ0v) is 17.9. The number of hydrogen-bond acceptors (Lipinski definition) is 7. The van der Waals surface area contributed by atoms with Gasteiger partial charge in [-0.1, -0.05) is 0 Å². The van der Waals surface area contributed by atoms with Crippen molar-refractivity contribution in [2.75, 3.05) is 31.7 Å². The van der Waals surface area contributed by atoms with Gasteiger partial charge in [0.15, 0.2) is 17.3 Å². The summed E-state index contributed by atoms with van der Waals surface area (Å²) in [6.45, 7) is 8.56. The molecule has 2 N–H and O–H groups in total. The summed E-state index contributed by atoms with van der Waals surface area (Å²) < 4.78 is 15.9. The lowest BCUT2D eigenvalue weighted by molar-refractivity contribution is -0.117. The second kappa shape index (κ2) is 8.91. The number of ether oxygens (including phenoxy) is 3. The Morgan fingerprint density at radius 2 is 1.77 bits per heavy atom. The Labute approximate surface area is 176 Å². The van der Waals surface area contributed by atoms with Crippen molar-refractivity contribution in [2.24, 2.45) is 0 Å². The van der Waals surface area contributed by atoms with Gasteiger partial charge in [0, 0.05) is 30.8 Å². The molecule has 0 aromatic heterocycles. The Balaban J connectivity index is 1.50. The maximum atomic E-state index is 12.5. The van der Waals surface area contributed by atoms with Crippen molar-refractivity contribution in [3.05, 3.63) is 17.7 Å². The highest BCUT2D eigenvalue weighted by atomic mass is 16.7. The number of amides is 2. The van der Waals surface area contributed by atoms with Crippen LogP contribution in [0.1, 0.15) is 50.9 Å². The van der Waals surface area contributed by atoms with Gasteiger partial charge in [0.25, 0.3) is 0 Å². The summed E-state index contributed by atoms with van der Waals surface area (Å²) in [5.41, 5.74) is 0.266. The van der Waals surface area contributed by atoms with Gasteiger partial charge in [0.05, 0.1) is 12.2 Å². The van der Waals surface area contributed by atoms with Gasteiger partial charge < -0.3 is 24.8 Å².